The van der Waals surface area contributed by atoms with Gasteiger partial charge in [0, 0.05) is 17.2 Å². The number of nitrogens with one attached hydrogen (secondary N) is 1. The maximum Gasteiger partial charge on any atom is 0.258 e. The highest BCUT2D eigenvalue weighted by molar-refractivity contribution is 7.88. The van der Waals surface area contributed by atoms with Gasteiger partial charge in [0.2, 0.25) is 15.8 Å². The zero-order valence-electron chi connectivity index (χ0n) is 18.1. The van der Waals surface area contributed by atoms with Crippen LogP contribution < -0.4 is 9.46 Å². The van der Waals surface area contributed by atoms with E-state index in [4.69, 9.17) is 9.26 Å². The van der Waals surface area contributed by atoms with E-state index >= 15 is 0 Å². The molecule has 1 atom stereocenters. The number of aromatic nitrogens is 2. The van der Waals surface area contributed by atoms with Crippen molar-refractivity contribution in [2.45, 2.75) is 45.3 Å². The van der Waals surface area contributed by atoms with Gasteiger partial charge >= 0.3 is 0 Å². The summed E-state index contributed by atoms with van der Waals surface area (Å²) in [5, 5.41) is 13.6. The smallest absolute Gasteiger partial charge is 0.258 e. The van der Waals surface area contributed by atoms with E-state index in [1.165, 1.54) is 6.26 Å². The average Bonchev–Trinajstić information content (AvgIpc) is 3.22. The molecule has 1 heterocycles. The van der Waals surface area contributed by atoms with Gasteiger partial charge < -0.3 is 9.26 Å². The zero-order valence-corrected chi connectivity index (χ0v) is 18.9. The number of rotatable bonds is 6. The Balaban J connectivity index is 1.68. The van der Waals surface area contributed by atoms with Crippen LogP contribution in [0.5, 0.6) is 5.75 Å². The molecule has 0 saturated heterocycles. The van der Waals surface area contributed by atoms with Crippen molar-refractivity contribution in [3.05, 3.63) is 53.1 Å². The van der Waals surface area contributed by atoms with Crippen LogP contribution in [0.3, 0.4) is 0 Å². The van der Waals surface area contributed by atoms with Crippen LogP contribution in [-0.2, 0) is 16.4 Å². The highest BCUT2D eigenvalue weighted by atomic mass is 32.2. The van der Waals surface area contributed by atoms with Crippen LogP contribution in [0.4, 0.5) is 0 Å². The van der Waals surface area contributed by atoms with Crippen molar-refractivity contribution in [1.29, 1.82) is 5.26 Å². The summed E-state index contributed by atoms with van der Waals surface area (Å²) in [7, 11) is -3.33. The third-order valence-corrected chi connectivity index (χ3v) is 5.95. The van der Waals surface area contributed by atoms with Gasteiger partial charge in [-0.3, -0.25) is 0 Å². The quantitative estimate of drug-likeness (QED) is 0.601. The minimum Gasteiger partial charge on any atom is -0.490 e. The largest absolute Gasteiger partial charge is 0.490 e. The van der Waals surface area contributed by atoms with Crippen LogP contribution in [0.15, 0.2) is 40.9 Å². The summed E-state index contributed by atoms with van der Waals surface area (Å²) in [6.45, 7) is 3.80. The number of sulfonamides is 1. The second kappa shape index (κ2) is 8.73. The average molecular weight is 453 g/mol. The van der Waals surface area contributed by atoms with Gasteiger partial charge in [0.15, 0.2) is 0 Å². The van der Waals surface area contributed by atoms with Crippen LogP contribution >= 0.6 is 0 Å². The standard InChI is InChI=1S/C23H24N4O4S/c1-14(2)30-21-11-10-15(12-16(21)13-24)23-25-22(26-31-23)19-8-4-7-18-17(19)6-5-9-20(18)27-32(3,28)29/h4,7-8,10-12,14,20,27H,5-6,9H2,1-3H3/t20-/m0/s1. The summed E-state index contributed by atoms with van der Waals surface area (Å²) in [6, 6.07) is 12.8. The van der Waals surface area contributed by atoms with Crippen molar-refractivity contribution in [2.75, 3.05) is 6.26 Å². The predicted octanol–water partition coefficient (Wildman–Crippen LogP) is 3.99. The molecule has 1 aliphatic rings. The third kappa shape index (κ3) is 4.66. The van der Waals surface area contributed by atoms with Crippen LogP contribution in [-0.4, -0.2) is 30.9 Å². The van der Waals surface area contributed by atoms with Gasteiger partial charge in [-0.25, -0.2) is 13.1 Å². The van der Waals surface area contributed by atoms with Crippen molar-refractivity contribution >= 4 is 10.0 Å². The van der Waals surface area contributed by atoms with E-state index in [-0.39, 0.29) is 12.1 Å². The van der Waals surface area contributed by atoms with E-state index in [1.54, 1.807) is 18.2 Å². The van der Waals surface area contributed by atoms with Gasteiger partial charge in [-0.2, -0.15) is 10.2 Å². The fraction of sp³-hybridized carbons (Fsp3) is 0.348. The Labute approximate surface area is 187 Å². The van der Waals surface area contributed by atoms with Crippen LogP contribution in [0.25, 0.3) is 22.8 Å². The summed E-state index contributed by atoms with van der Waals surface area (Å²) < 4.78 is 37.4. The summed E-state index contributed by atoms with van der Waals surface area (Å²) in [4.78, 5) is 4.56. The van der Waals surface area contributed by atoms with Crippen LogP contribution in [0.2, 0.25) is 0 Å². The molecule has 1 aromatic heterocycles. The maximum atomic E-state index is 11.8. The molecule has 0 aliphatic heterocycles. The Morgan fingerprint density at radius 3 is 2.81 bits per heavy atom. The predicted molar refractivity (Wildman–Crippen MR) is 119 cm³/mol. The fourth-order valence-electron chi connectivity index (χ4n) is 4.00. The highest BCUT2D eigenvalue weighted by Gasteiger charge is 2.26. The number of nitriles is 1. The minimum atomic E-state index is -3.33. The SMILES string of the molecule is CC(C)Oc1ccc(-c2nc(-c3cccc4c3CCC[C@@H]4NS(C)(=O)=O)no2)cc1C#N. The number of ether oxygens (including phenoxy) is 1. The minimum absolute atomic E-state index is 0.0479. The molecule has 2 aromatic carbocycles. The van der Waals surface area contributed by atoms with Crippen LogP contribution in [0.1, 0.15) is 49.4 Å². The molecule has 4 rings (SSSR count). The number of benzene rings is 2. The molecule has 3 aromatic rings. The molecular weight excluding hydrogens is 428 g/mol. The Kier molecular flexibility index (Phi) is 6.00. The molecule has 0 bridgehead atoms. The van der Waals surface area contributed by atoms with E-state index < -0.39 is 10.0 Å². The van der Waals surface area contributed by atoms with E-state index in [0.29, 0.717) is 28.6 Å². The zero-order chi connectivity index (χ0) is 22.9. The Bertz CT molecular complexity index is 1290. The molecule has 8 nitrogen and oxygen atoms in total. The highest BCUT2D eigenvalue weighted by Crippen LogP contribution is 2.36. The van der Waals surface area contributed by atoms with Gasteiger partial charge in [0.1, 0.15) is 11.8 Å². The second-order valence-corrected chi connectivity index (χ2v) is 9.90. The van der Waals surface area contributed by atoms with Crippen molar-refractivity contribution in [3.63, 3.8) is 0 Å². The first-order valence-corrected chi connectivity index (χ1v) is 12.3. The van der Waals surface area contributed by atoms with Crippen molar-refractivity contribution < 1.29 is 17.7 Å². The fourth-order valence-corrected chi connectivity index (χ4v) is 4.76. The number of nitrogens with zero attached hydrogens (tertiary/aromatic N) is 3. The first-order valence-electron chi connectivity index (χ1n) is 10.4. The van der Waals surface area contributed by atoms with Crippen molar-refractivity contribution in [2.24, 2.45) is 0 Å². The monoisotopic (exact) mass is 452 g/mol. The summed E-state index contributed by atoms with van der Waals surface area (Å²) >= 11 is 0. The lowest BCUT2D eigenvalue weighted by Crippen LogP contribution is -2.30. The molecule has 0 unspecified atom stereocenters. The molecular formula is C23H24N4O4S. The van der Waals surface area contributed by atoms with Gasteiger partial charge in [-0.15, -0.1) is 0 Å². The van der Waals surface area contributed by atoms with E-state index in [0.717, 1.165) is 36.0 Å². The molecule has 0 fully saturated rings. The molecule has 166 valence electrons. The Morgan fingerprint density at radius 2 is 2.09 bits per heavy atom. The lowest BCUT2D eigenvalue weighted by atomic mass is 9.85. The molecule has 0 saturated carbocycles. The second-order valence-electron chi connectivity index (χ2n) is 8.12. The molecule has 0 spiro atoms. The Hall–Kier alpha value is -3.22. The lowest BCUT2D eigenvalue weighted by molar-refractivity contribution is 0.241. The van der Waals surface area contributed by atoms with Crippen LogP contribution in [0, 0.1) is 11.3 Å². The number of fused-ring (bicyclic) bond motifs is 1. The number of hydrogen-bond acceptors (Lipinski definition) is 7. The lowest BCUT2D eigenvalue weighted by Gasteiger charge is -2.26. The molecule has 0 amide bonds. The van der Waals surface area contributed by atoms with Crippen molar-refractivity contribution in [3.8, 4) is 34.7 Å². The normalized spacial score (nSPS) is 15.9. The third-order valence-electron chi connectivity index (χ3n) is 5.24. The number of hydrogen-bond donors (Lipinski definition) is 1. The van der Waals surface area contributed by atoms with E-state index in [9.17, 15) is 13.7 Å². The Morgan fingerprint density at radius 1 is 1.28 bits per heavy atom. The molecule has 9 heteroatoms. The molecule has 0 radical (unpaired) electrons. The van der Waals surface area contributed by atoms with Gasteiger partial charge in [0.05, 0.1) is 17.9 Å². The first-order chi connectivity index (χ1) is 15.2. The first kappa shape index (κ1) is 22.0. The summed E-state index contributed by atoms with van der Waals surface area (Å²) in [5.41, 5.74) is 3.79. The topological polar surface area (TPSA) is 118 Å². The van der Waals surface area contributed by atoms with E-state index in [1.807, 2.05) is 32.0 Å². The van der Waals surface area contributed by atoms with Crippen molar-refractivity contribution in [1.82, 2.24) is 14.9 Å². The van der Waals surface area contributed by atoms with Gasteiger partial charge in [-0.05, 0) is 62.4 Å². The van der Waals surface area contributed by atoms with Gasteiger partial charge in [-0.1, -0.05) is 23.4 Å². The maximum absolute atomic E-state index is 11.8. The molecule has 32 heavy (non-hydrogen) atoms. The summed E-state index contributed by atoms with van der Waals surface area (Å²) in [6.07, 6.45) is 3.52. The summed E-state index contributed by atoms with van der Waals surface area (Å²) in [5.74, 6) is 1.23. The van der Waals surface area contributed by atoms with E-state index in [2.05, 4.69) is 20.9 Å². The molecule has 1 aliphatic carbocycles. The molecule has 1 N–H and O–H groups in total. The van der Waals surface area contributed by atoms with Gasteiger partial charge in [0.25, 0.3) is 5.89 Å².